The first-order valence-electron chi connectivity index (χ1n) is 4.64. The van der Waals surface area contributed by atoms with Crippen molar-refractivity contribution in [2.45, 2.75) is 32.2 Å². The van der Waals surface area contributed by atoms with Crippen LogP contribution in [0.3, 0.4) is 0 Å². The monoisotopic (exact) mass is 162 g/mol. The minimum atomic E-state index is 0.290. The highest BCUT2D eigenvalue weighted by atomic mass is 15.0. The smallest absolute Gasteiger partial charge is 0.0656 e. The second kappa shape index (κ2) is 2.82. The molecule has 12 heavy (non-hydrogen) atoms. The van der Waals surface area contributed by atoms with Gasteiger partial charge in [-0.1, -0.05) is 6.08 Å². The first kappa shape index (κ1) is 7.67. The van der Waals surface area contributed by atoms with Gasteiger partial charge in [0.2, 0.25) is 0 Å². The molecule has 0 aromatic heterocycles. The minimum absolute atomic E-state index is 0.290. The highest BCUT2D eigenvalue weighted by Crippen LogP contribution is 2.33. The molecule has 0 radical (unpaired) electrons. The second-order valence-corrected chi connectivity index (χ2v) is 3.90. The molecule has 1 fully saturated rings. The van der Waals surface area contributed by atoms with E-state index in [0.29, 0.717) is 12.0 Å². The van der Waals surface area contributed by atoms with Gasteiger partial charge in [0.15, 0.2) is 0 Å². The maximum Gasteiger partial charge on any atom is 0.0656 e. The summed E-state index contributed by atoms with van der Waals surface area (Å²) in [5.74, 6) is 0.993. The maximum atomic E-state index is 8.78. The van der Waals surface area contributed by atoms with E-state index in [-0.39, 0.29) is 5.92 Å². The number of nitriles is 1. The molecule has 0 bridgehead atoms. The summed E-state index contributed by atoms with van der Waals surface area (Å²) in [6, 6.07) is 2.93. The summed E-state index contributed by atoms with van der Waals surface area (Å²) in [4.78, 5) is 0. The van der Waals surface area contributed by atoms with Crippen LogP contribution in [0.25, 0.3) is 0 Å². The molecule has 3 atom stereocenters. The fraction of sp³-hybridized carbons (Fsp3) is 0.700. The Kier molecular flexibility index (Phi) is 1.80. The normalized spacial score (nSPS) is 39.3. The maximum absolute atomic E-state index is 8.78. The van der Waals surface area contributed by atoms with Crippen LogP contribution in [0.2, 0.25) is 0 Å². The van der Waals surface area contributed by atoms with E-state index in [9.17, 15) is 0 Å². The molecule has 1 aliphatic heterocycles. The van der Waals surface area contributed by atoms with Crippen molar-refractivity contribution in [1.82, 2.24) is 5.32 Å². The molecule has 2 nitrogen and oxygen atoms in total. The number of allylic oxidation sites excluding steroid dienone is 1. The van der Waals surface area contributed by atoms with Crippen LogP contribution >= 0.6 is 0 Å². The van der Waals surface area contributed by atoms with Gasteiger partial charge in [-0.25, -0.2) is 0 Å². The molecule has 2 heteroatoms. The summed E-state index contributed by atoms with van der Waals surface area (Å²) < 4.78 is 0. The van der Waals surface area contributed by atoms with Crippen LogP contribution in [0.4, 0.5) is 0 Å². The molecule has 0 aromatic rings. The van der Waals surface area contributed by atoms with E-state index in [1.807, 2.05) is 0 Å². The Hall–Kier alpha value is -0.970. The van der Waals surface area contributed by atoms with Gasteiger partial charge in [-0.3, -0.25) is 0 Å². The molecule has 0 amide bonds. The van der Waals surface area contributed by atoms with Gasteiger partial charge >= 0.3 is 0 Å². The summed E-state index contributed by atoms with van der Waals surface area (Å²) in [6.45, 7) is 2.11. The van der Waals surface area contributed by atoms with E-state index in [1.54, 1.807) is 0 Å². The van der Waals surface area contributed by atoms with Crippen LogP contribution in [0.5, 0.6) is 0 Å². The first-order chi connectivity index (χ1) is 5.79. The molecule has 3 unspecified atom stereocenters. The minimum Gasteiger partial charge on any atom is -0.385 e. The van der Waals surface area contributed by atoms with Crippen molar-refractivity contribution in [3.05, 3.63) is 11.8 Å². The van der Waals surface area contributed by atoms with Gasteiger partial charge in [0.25, 0.3) is 0 Å². The van der Waals surface area contributed by atoms with Gasteiger partial charge < -0.3 is 5.32 Å². The van der Waals surface area contributed by atoms with Crippen LogP contribution in [0.1, 0.15) is 26.2 Å². The first-order valence-corrected chi connectivity index (χ1v) is 4.64. The van der Waals surface area contributed by atoms with Crippen LogP contribution in [-0.2, 0) is 0 Å². The molecule has 0 saturated heterocycles. The predicted octanol–water partition coefficient (Wildman–Crippen LogP) is 1.80. The summed E-state index contributed by atoms with van der Waals surface area (Å²) in [5, 5.41) is 12.2. The Balaban J connectivity index is 2.03. The van der Waals surface area contributed by atoms with Gasteiger partial charge in [0, 0.05) is 17.7 Å². The number of nitrogens with zero attached hydrogens (tertiary/aromatic N) is 1. The highest BCUT2D eigenvalue weighted by molar-refractivity contribution is 5.14. The van der Waals surface area contributed by atoms with Crippen LogP contribution in [0.15, 0.2) is 11.8 Å². The van der Waals surface area contributed by atoms with Crippen molar-refractivity contribution in [2.75, 3.05) is 0 Å². The van der Waals surface area contributed by atoms with Gasteiger partial charge in [0.05, 0.1) is 6.07 Å². The SMILES string of the molecule is CC1=CC2CCC(C#N)CC2N1. The molecule has 0 aromatic carbocycles. The number of hydrogen-bond donors (Lipinski definition) is 1. The van der Waals surface area contributed by atoms with Crippen molar-refractivity contribution >= 4 is 0 Å². The van der Waals surface area contributed by atoms with Gasteiger partial charge in [-0.05, 0) is 32.1 Å². The fourth-order valence-corrected chi connectivity index (χ4v) is 2.34. The fourth-order valence-electron chi connectivity index (χ4n) is 2.34. The van der Waals surface area contributed by atoms with E-state index < -0.39 is 0 Å². The van der Waals surface area contributed by atoms with E-state index in [2.05, 4.69) is 24.4 Å². The molecule has 2 rings (SSSR count). The quantitative estimate of drug-likeness (QED) is 0.589. The highest BCUT2D eigenvalue weighted by Gasteiger charge is 2.32. The van der Waals surface area contributed by atoms with Crippen molar-refractivity contribution in [1.29, 1.82) is 5.26 Å². The second-order valence-electron chi connectivity index (χ2n) is 3.90. The van der Waals surface area contributed by atoms with Crippen molar-refractivity contribution in [3.63, 3.8) is 0 Å². The van der Waals surface area contributed by atoms with Crippen LogP contribution < -0.4 is 5.32 Å². The van der Waals surface area contributed by atoms with Crippen LogP contribution in [0, 0.1) is 23.2 Å². The molecule has 1 saturated carbocycles. The molecule has 1 heterocycles. The van der Waals surface area contributed by atoms with Crippen LogP contribution in [-0.4, -0.2) is 6.04 Å². The largest absolute Gasteiger partial charge is 0.385 e. The average Bonchev–Trinajstić information content (AvgIpc) is 2.43. The lowest BCUT2D eigenvalue weighted by Gasteiger charge is -2.28. The summed E-state index contributed by atoms with van der Waals surface area (Å²) in [7, 11) is 0. The zero-order valence-electron chi connectivity index (χ0n) is 7.38. The van der Waals surface area contributed by atoms with Gasteiger partial charge in [-0.15, -0.1) is 0 Å². The number of nitrogens with one attached hydrogen (secondary N) is 1. The lowest BCUT2D eigenvalue weighted by molar-refractivity contribution is 0.304. The Labute approximate surface area is 73.3 Å². The summed E-state index contributed by atoms with van der Waals surface area (Å²) in [5.41, 5.74) is 1.29. The standard InChI is InChI=1S/C10H14N2/c1-7-4-9-3-2-8(6-11)5-10(9)12-7/h4,8-10,12H,2-3,5H2,1H3. The molecule has 1 aliphatic carbocycles. The lowest BCUT2D eigenvalue weighted by Crippen LogP contribution is -2.34. The molecule has 2 aliphatic rings. The van der Waals surface area contributed by atoms with E-state index >= 15 is 0 Å². The third kappa shape index (κ3) is 1.20. The van der Waals surface area contributed by atoms with Crippen molar-refractivity contribution in [3.8, 4) is 6.07 Å². The number of rotatable bonds is 0. The average molecular weight is 162 g/mol. The Morgan fingerprint density at radius 3 is 3.17 bits per heavy atom. The van der Waals surface area contributed by atoms with Gasteiger partial charge in [0.1, 0.15) is 0 Å². The Morgan fingerprint density at radius 2 is 2.42 bits per heavy atom. The third-order valence-electron chi connectivity index (χ3n) is 2.96. The topological polar surface area (TPSA) is 35.8 Å². The van der Waals surface area contributed by atoms with E-state index in [1.165, 1.54) is 12.1 Å². The van der Waals surface area contributed by atoms with E-state index in [0.717, 1.165) is 12.8 Å². The van der Waals surface area contributed by atoms with Crippen molar-refractivity contribution in [2.24, 2.45) is 11.8 Å². The molecule has 1 N–H and O–H groups in total. The lowest BCUT2D eigenvalue weighted by atomic mass is 9.80. The Morgan fingerprint density at radius 1 is 1.58 bits per heavy atom. The molecular weight excluding hydrogens is 148 g/mol. The Bertz CT molecular complexity index is 249. The molecule has 64 valence electrons. The van der Waals surface area contributed by atoms with Crippen molar-refractivity contribution < 1.29 is 0 Å². The number of fused-ring (bicyclic) bond motifs is 1. The molecule has 0 spiro atoms. The van der Waals surface area contributed by atoms with E-state index in [4.69, 9.17) is 5.26 Å². The summed E-state index contributed by atoms with van der Waals surface area (Å²) >= 11 is 0. The molecular formula is C10H14N2. The zero-order valence-corrected chi connectivity index (χ0v) is 7.38. The summed E-state index contributed by atoms with van der Waals surface area (Å²) in [6.07, 6.45) is 5.63. The third-order valence-corrected chi connectivity index (χ3v) is 2.96. The zero-order chi connectivity index (χ0) is 8.55. The number of hydrogen-bond acceptors (Lipinski definition) is 2. The van der Waals surface area contributed by atoms with Gasteiger partial charge in [-0.2, -0.15) is 5.26 Å². The predicted molar refractivity (Wildman–Crippen MR) is 47.1 cm³/mol.